The zero-order valence-electron chi connectivity index (χ0n) is 14.3. The van der Waals surface area contributed by atoms with E-state index in [1.807, 2.05) is 0 Å². The van der Waals surface area contributed by atoms with Crippen LogP contribution in [0.2, 0.25) is 0 Å². The molecule has 0 saturated carbocycles. The molecule has 0 aromatic heterocycles. The summed E-state index contributed by atoms with van der Waals surface area (Å²) in [6.07, 6.45) is 0. The average Bonchev–Trinajstić information content (AvgIpc) is 2.67. The standard InChI is InChI=1S/2C9H7ClO4.Fe/c2*10-4-8(12)5-1-2-7(11)6(3-5)9(13)14;/h2*1-3,11H,4H2,(H,13,14);/q;;+2/p-2. The Hall–Kier alpha value is -2.58. The second-order valence-electron chi connectivity index (χ2n) is 5.15. The van der Waals surface area contributed by atoms with Crippen molar-refractivity contribution in [1.82, 2.24) is 0 Å². The van der Waals surface area contributed by atoms with Crippen molar-refractivity contribution >= 4 is 46.7 Å². The maximum atomic E-state index is 11.1. The molecule has 8 nitrogen and oxygen atoms in total. The molecule has 2 rings (SSSR count). The molecule has 0 fully saturated rings. The van der Waals surface area contributed by atoms with E-state index in [1.54, 1.807) is 0 Å². The summed E-state index contributed by atoms with van der Waals surface area (Å²) < 4.78 is 0. The van der Waals surface area contributed by atoms with Crippen LogP contribution in [0.4, 0.5) is 0 Å². The van der Waals surface area contributed by atoms with Crippen LogP contribution in [-0.4, -0.2) is 45.5 Å². The maximum absolute atomic E-state index is 11.1. The number of alkyl halides is 2. The Balaban J connectivity index is 0.000000523. The number of benzene rings is 2. The molecule has 0 aliphatic rings. The van der Waals surface area contributed by atoms with Gasteiger partial charge < -0.3 is 30.0 Å². The monoisotopic (exact) mass is 482 g/mol. The normalized spacial score (nSPS) is 9.45. The van der Waals surface area contributed by atoms with E-state index >= 15 is 0 Å². The minimum absolute atomic E-state index is 0. The summed E-state index contributed by atoms with van der Waals surface area (Å²) in [7, 11) is 0. The molecule has 29 heavy (non-hydrogen) atoms. The fourth-order valence-corrected chi connectivity index (χ4v) is 2.21. The number of carboxylic acid groups (broad SMARTS) is 2. The number of rotatable bonds is 6. The number of carbonyl (C=O) groups is 4. The number of halogens is 2. The first-order valence-electron chi connectivity index (χ1n) is 7.39. The number of Topliss-reactive ketones (excluding diaryl/α,β-unsaturated/α-hetero) is 2. The van der Waals surface area contributed by atoms with Gasteiger partial charge in [-0.3, -0.25) is 9.59 Å². The Kier molecular flexibility index (Phi) is 11.0. The molecular weight excluding hydrogens is 471 g/mol. The Bertz CT molecular complexity index is 855. The van der Waals surface area contributed by atoms with Crippen LogP contribution in [0, 0.1) is 0 Å². The second kappa shape index (κ2) is 12.1. The molecule has 154 valence electrons. The van der Waals surface area contributed by atoms with E-state index in [0.717, 1.165) is 24.3 Å². The molecule has 0 atom stereocenters. The predicted octanol–water partition coefficient (Wildman–Crippen LogP) is 0.352. The minimum atomic E-state index is -1.54. The van der Waals surface area contributed by atoms with Crippen molar-refractivity contribution in [3.8, 4) is 11.5 Å². The number of ketones is 2. The van der Waals surface area contributed by atoms with Crippen molar-refractivity contribution in [2.45, 2.75) is 0 Å². The zero-order chi connectivity index (χ0) is 21.4. The molecule has 0 amide bonds. The van der Waals surface area contributed by atoms with Gasteiger partial charge in [0.15, 0.2) is 11.6 Å². The molecule has 0 bridgehead atoms. The summed E-state index contributed by atoms with van der Waals surface area (Å²) in [5, 5.41) is 39.1. The van der Waals surface area contributed by atoms with Crippen LogP contribution in [0.5, 0.6) is 11.5 Å². The topological polar surface area (TPSA) is 155 Å². The van der Waals surface area contributed by atoms with Crippen molar-refractivity contribution in [3.05, 3.63) is 58.7 Å². The smallest absolute Gasteiger partial charge is 0.545 e. The molecule has 0 spiro atoms. The second-order valence-corrected chi connectivity index (χ2v) is 5.69. The van der Waals surface area contributed by atoms with Gasteiger partial charge in [-0.1, -0.05) is 0 Å². The van der Waals surface area contributed by atoms with Crippen LogP contribution < -0.4 is 10.2 Å². The van der Waals surface area contributed by atoms with Crippen LogP contribution in [0.3, 0.4) is 0 Å². The molecule has 0 heterocycles. The molecule has 2 aromatic rings. The molecule has 2 aromatic carbocycles. The average molecular weight is 483 g/mol. The van der Waals surface area contributed by atoms with E-state index in [4.69, 9.17) is 33.4 Å². The summed E-state index contributed by atoms with van der Waals surface area (Å²) in [5.74, 6) is -5.23. The van der Waals surface area contributed by atoms with Gasteiger partial charge in [-0.05, 0) is 36.4 Å². The van der Waals surface area contributed by atoms with Crippen LogP contribution in [0.1, 0.15) is 41.4 Å². The Labute approximate surface area is 185 Å². The molecule has 2 N–H and O–H groups in total. The number of hydrogen-bond acceptors (Lipinski definition) is 8. The third-order valence-electron chi connectivity index (χ3n) is 3.32. The maximum Gasteiger partial charge on any atom is 2.00 e. The van der Waals surface area contributed by atoms with Gasteiger partial charge in [0, 0.05) is 22.3 Å². The molecule has 0 unspecified atom stereocenters. The predicted molar refractivity (Wildman–Crippen MR) is 95.0 cm³/mol. The molecular formula is C18H12Cl2FeO8. The van der Waals surface area contributed by atoms with Crippen LogP contribution in [-0.2, 0) is 17.1 Å². The number of aromatic carboxylic acids is 2. The van der Waals surface area contributed by atoms with Gasteiger partial charge in [-0.25, -0.2) is 0 Å². The van der Waals surface area contributed by atoms with Gasteiger partial charge in [0.05, 0.1) is 23.7 Å². The molecule has 0 aliphatic heterocycles. The van der Waals surface area contributed by atoms with Crippen molar-refractivity contribution in [3.63, 3.8) is 0 Å². The number of aromatic hydroxyl groups is 2. The van der Waals surface area contributed by atoms with E-state index in [0.29, 0.717) is 0 Å². The van der Waals surface area contributed by atoms with Crippen molar-refractivity contribution in [2.24, 2.45) is 0 Å². The number of phenols is 2. The molecule has 0 aliphatic carbocycles. The van der Waals surface area contributed by atoms with Crippen molar-refractivity contribution in [1.29, 1.82) is 0 Å². The Morgan fingerprint density at radius 2 is 1.03 bits per heavy atom. The van der Waals surface area contributed by atoms with E-state index in [1.165, 1.54) is 12.1 Å². The Morgan fingerprint density at radius 3 is 1.28 bits per heavy atom. The fourth-order valence-electron chi connectivity index (χ4n) is 1.90. The number of carbonyl (C=O) groups excluding carboxylic acids is 4. The van der Waals surface area contributed by atoms with Gasteiger partial charge in [0.1, 0.15) is 11.5 Å². The quantitative estimate of drug-likeness (QED) is 0.339. The fraction of sp³-hybridized carbons (Fsp3) is 0.111. The molecule has 11 heteroatoms. The first kappa shape index (κ1) is 26.4. The minimum Gasteiger partial charge on any atom is -0.545 e. The first-order chi connectivity index (χ1) is 13.1. The third-order valence-corrected chi connectivity index (χ3v) is 3.81. The van der Waals surface area contributed by atoms with Crippen LogP contribution in [0.15, 0.2) is 36.4 Å². The zero-order valence-corrected chi connectivity index (χ0v) is 16.9. The number of hydrogen-bond donors (Lipinski definition) is 2. The van der Waals surface area contributed by atoms with E-state index in [9.17, 15) is 29.4 Å². The summed E-state index contributed by atoms with van der Waals surface area (Å²) in [4.78, 5) is 43.1. The third kappa shape index (κ3) is 7.40. The van der Waals surface area contributed by atoms with Gasteiger partial charge in [0.25, 0.3) is 0 Å². The van der Waals surface area contributed by atoms with E-state index < -0.39 is 46.1 Å². The molecule has 0 saturated heterocycles. The van der Waals surface area contributed by atoms with Crippen molar-refractivity contribution in [2.75, 3.05) is 11.8 Å². The van der Waals surface area contributed by atoms with Gasteiger partial charge >= 0.3 is 17.1 Å². The number of carboxylic acids is 2. The van der Waals surface area contributed by atoms with Gasteiger partial charge in [0.2, 0.25) is 0 Å². The van der Waals surface area contributed by atoms with Crippen LogP contribution in [0.25, 0.3) is 0 Å². The Morgan fingerprint density at radius 1 is 0.724 bits per heavy atom. The van der Waals surface area contributed by atoms with Crippen LogP contribution >= 0.6 is 23.2 Å². The van der Waals surface area contributed by atoms with E-state index in [-0.39, 0.29) is 40.0 Å². The van der Waals surface area contributed by atoms with Crippen molar-refractivity contribution < 1.29 is 56.7 Å². The summed E-state index contributed by atoms with van der Waals surface area (Å²) >= 11 is 10.6. The summed E-state index contributed by atoms with van der Waals surface area (Å²) in [5.41, 5.74) is -0.559. The SMILES string of the molecule is O=C(CCl)c1ccc(O)c(C(=O)[O-])c1.O=C(CCl)c1ccc(O)c(C(=O)[O-])c1.[Fe+2]. The molecule has 0 radical (unpaired) electrons. The summed E-state index contributed by atoms with van der Waals surface area (Å²) in [6, 6.07) is 6.90. The van der Waals surface area contributed by atoms with Gasteiger partial charge in [-0.2, -0.15) is 0 Å². The van der Waals surface area contributed by atoms with E-state index in [2.05, 4.69) is 0 Å². The largest absolute Gasteiger partial charge is 2.00 e. The van der Waals surface area contributed by atoms with Gasteiger partial charge in [-0.15, -0.1) is 23.2 Å². The first-order valence-corrected chi connectivity index (χ1v) is 8.46. The summed E-state index contributed by atoms with van der Waals surface area (Å²) in [6.45, 7) is 0.